The number of rotatable bonds is 5. The highest BCUT2D eigenvalue weighted by Gasteiger charge is 2.35. The smallest absolute Gasteiger partial charge is 0.248 e. The van der Waals surface area contributed by atoms with Gasteiger partial charge in [-0.2, -0.15) is 15.0 Å². The van der Waals surface area contributed by atoms with Crippen LogP contribution in [-0.2, 0) is 0 Å². The van der Waals surface area contributed by atoms with E-state index in [-0.39, 0.29) is 24.9 Å². The summed E-state index contributed by atoms with van der Waals surface area (Å²) in [7, 11) is 0. The van der Waals surface area contributed by atoms with Crippen LogP contribution in [0.1, 0.15) is 64.6 Å². The highest BCUT2D eigenvalue weighted by atomic mass is 19.3. The molecule has 2 aliphatic carbocycles. The lowest BCUT2D eigenvalue weighted by Gasteiger charge is -2.29. The molecule has 0 aliphatic heterocycles. The first-order valence-electron chi connectivity index (χ1n) is 9.37. The molecule has 3 rings (SSSR count). The second-order valence-corrected chi connectivity index (χ2v) is 7.53. The first-order valence-corrected chi connectivity index (χ1v) is 9.37. The molecule has 8 heteroatoms. The van der Waals surface area contributed by atoms with Crippen molar-refractivity contribution in [3.05, 3.63) is 11.9 Å². The van der Waals surface area contributed by atoms with E-state index in [4.69, 9.17) is 0 Å². The van der Waals surface area contributed by atoms with Gasteiger partial charge in [0.15, 0.2) is 5.82 Å². The third kappa shape index (κ3) is 5.09. The molecule has 1 aromatic rings. The molecule has 0 aromatic carbocycles. The highest BCUT2D eigenvalue weighted by molar-refractivity contribution is 5.63. The van der Waals surface area contributed by atoms with E-state index in [9.17, 15) is 13.9 Å². The van der Waals surface area contributed by atoms with Gasteiger partial charge >= 0.3 is 0 Å². The summed E-state index contributed by atoms with van der Waals surface area (Å²) in [6.45, 7) is 3.98. The van der Waals surface area contributed by atoms with E-state index in [1.54, 1.807) is 6.08 Å². The van der Waals surface area contributed by atoms with Gasteiger partial charge in [0.25, 0.3) is 0 Å². The Bertz CT molecular complexity index is 655. The van der Waals surface area contributed by atoms with Crippen molar-refractivity contribution in [2.45, 2.75) is 82.9 Å². The molecular weight excluding hydrogens is 340 g/mol. The van der Waals surface area contributed by atoms with Gasteiger partial charge in [-0.25, -0.2) is 8.78 Å². The summed E-state index contributed by atoms with van der Waals surface area (Å²) in [5.41, 5.74) is 0.899. The van der Waals surface area contributed by atoms with Crippen molar-refractivity contribution in [3.8, 4) is 0 Å². The molecule has 0 bridgehead atoms. The number of anilines is 2. The molecule has 0 radical (unpaired) electrons. The molecule has 144 valence electrons. The lowest BCUT2D eigenvalue weighted by atomic mass is 9.92. The third-order valence-electron chi connectivity index (χ3n) is 4.73. The zero-order valence-corrected chi connectivity index (χ0v) is 15.3. The second kappa shape index (κ2) is 7.82. The van der Waals surface area contributed by atoms with Crippen molar-refractivity contribution >= 4 is 17.5 Å². The topological polar surface area (TPSA) is 83.0 Å². The molecule has 1 aromatic heterocycles. The van der Waals surface area contributed by atoms with Crippen LogP contribution in [0.4, 0.5) is 20.7 Å². The number of halogens is 2. The van der Waals surface area contributed by atoms with Crippen LogP contribution in [0.25, 0.3) is 5.57 Å². The normalized spacial score (nSPS) is 23.6. The van der Waals surface area contributed by atoms with Crippen molar-refractivity contribution < 1.29 is 13.9 Å². The Morgan fingerprint density at radius 3 is 2.46 bits per heavy atom. The van der Waals surface area contributed by atoms with Crippen molar-refractivity contribution in [2.75, 3.05) is 10.6 Å². The fraction of sp³-hybridized carbons (Fsp3) is 0.722. The van der Waals surface area contributed by atoms with E-state index < -0.39 is 12.0 Å². The van der Waals surface area contributed by atoms with Gasteiger partial charge in [-0.3, -0.25) is 0 Å². The van der Waals surface area contributed by atoms with E-state index in [1.807, 2.05) is 13.8 Å². The molecule has 0 spiro atoms. The van der Waals surface area contributed by atoms with Crippen molar-refractivity contribution in [2.24, 2.45) is 0 Å². The lowest BCUT2D eigenvalue weighted by Crippen LogP contribution is -2.32. The number of alkyl halides is 2. The van der Waals surface area contributed by atoms with Crippen LogP contribution in [0.2, 0.25) is 0 Å². The number of aromatic nitrogens is 3. The monoisotopic (exact) mass is 367 g/mol. The van der Waals surface area contributed by atoms with Gasteiger partial charge in [0.1, 0.15) is 0 Å². The number of nitrogens with zero attached hydrogens (tertiary/aromatic N) is 3. The molecular formula is C18H27F2N5O. The van der Waals surface area contributed by atoms with E-state index in [1.165, 1.54) is 0 Å². The first-order chi connectivity index (χ1) is 12.3. The molecule has 1 saturated carbocycles. The largest absolute Gasteiger partial charge is 0.389 e. The molecule has 26 heavy (non-hydrogen) atoms. The summed E-state index contributed by atoms with van der Waals surface area (Å²) in [5, 5.41) is 16.3. The van der Waals surface area contributed by atoms with Crippen LogP contribution in [0.5, 0.6) is 0 Å². The van der Waals surface area contributed by atoms with Crippen LogP contribution in [0.15, 0.2) is 6.08 Å². The summed E-state index contributed by atoms with van der Waals surface area (Å²) in [4.78, 5) is 13.4. The van der Waals surface area contributed by atoms with Gasteiger partial charge in [-0.15, -0.1) is 0 Å². The van der Waals surface area contributed by atoms with Gasteiger partial charge < -0.3 is 15.7 Å². The van der Waals surface area contributed by atoms with E-state index in [0.29, 0.717) is 30.6 Å². The average Bonchev–Trinajstić information content (AvgIpc) is 2.56. The quantitative estimate of drug-likeness (QED) is 0.737. The average molecular weight is 367 g/mol. The summed E-state index contributed by atoms with van der Waals surface area (Å²) >= 11 is 0. The number of hydrogen-bond donors (Lipinski definition) is 3. The number of nitrogens with one attached hydrogen (secondary N) is 2. The predicted octanol–water partition coefficient (Wildman–Crippen LogP) is 3.61. The minimum atomic E-state index is -2.56. The maximum atomic E-state index is 13.4. The Morgan fingerprint density at radius 2 is 1.81 bits per heavy atom. The molecule has 1 unspecified atom stereocenters. The second-order valence-electron chi connectivity index (χ2n) is 7.53. The summed E-state index contributed by atoms with van der Waals surface area (Å²) in [5.74, 6) is -1.18. The Hall–Kier alpha value is -1.83. The van der Waals surface area contributed by atoms with Gasteiger partial charge in [0.2, 0.25) is 17.8 Å². The van der Waals surface area contributed by atoms with Crippen LogP contribution < -0.4 is 10.6 Å². The fourth-order valence-corrected chi connectivity index (χ4v) is 3.36. The Kier molecular flexibility index (Phi) is 5.70. The molecule has 1 heterocycles. The van der Waals surface area contributed by atoms with E-state index in [0.717, 1.165) is 24.8 Å². The van der Waals surface area contributed by atoms with Crippen LogP contribution >= 0.6 is 0 Å². The fourth-order valence-electron chi connectivity index (χ4n) is 3.36. The minimum Gasteiger partial charge on any atom is -0.389 e. The summed E-state index contributed by atoms with van der Waals surface area (Å²) in [6.07, 6.45) is 4.30. The minimum absolute atomic E-state index is 0.0669. The zero-order valence-electron chi connectivity index (χ0n) is 15.3. The summed E-state index contributed by atoms with van der Waals surface area (Å²) < 4.78 is 26.7. The third-order valence-corrected chi connectivity index (χ3v) is 4.73. The van der Waals surface area contributed by atoms with E-state index in [2.05, 4.69) is 25.6 Å². The van der Waals surface area contributed by atoms with Crippen molar-refractivity contribution in [3.63, 3.8) is 0 Å². The maximum absolute atomic E-state index is 13.4. The molecule has 1 fully saturated rings. The molecule has 6 nitrogen and oxygen atoms in total. The van der Waals surface area contributed by atoms with Crippen LogP contribution in [0, 0.1) is 0 Å². The predicted molar refractivity (Wildman–Crippen MR) is 97.2 cm³/mol. The first kappa shape index (κ1) is 18.9. The molecule has 2 aliphatic rings. The number of aliphatic hydroxyl groups excluding tert-OH is 1. The van der Waals surface area contributed by atoms with Gasteiger partial charge in [0, 0.05) is 24.9 Å². The van der Waals surface area contributed by atoms with Gasteiger partial charge in [-0.05, 0) is 57.6 Å². The molecule has 0 saturated heterocycles. The Labute approximate surface area is 152 Å². The number of aliphatic hydroxyl groups is 1. The Balaban J connectivity index is 1.81. The van der Waals surface area contributed by atoms with Crippen LogP contribution in [0.3, 0.4) is 0 Å². The molecule has 1 atom stereocenters. The molecule has 0 amide bonds. The Morgan fingerprint density at radius 1 is 1.12 bits per heavy atom. The highest BCUT2D eigenvalue weighted by Crippen LogP contribution is 2.34. The van der Waals surface area contributed by atoms with Gasteiger partial charge in [0.05, 0.1) is 6.10 Å². The van der Waals surface area contributed by atoms with Crippen molar-refractivity contribution in [1.29, 1.82) is 0 Å². The maximum Gasteiger partial charge on any atom is 0.248 e. The SMILES string of the molecule is CC(C)Nc1nc(NC2CCC(F)(F)CC2)nc(C2=CC(O)CCC2)n1. The van der Waals surface area contributed by atoms with Gasteiger partial charge in [-0.1, -0.05) is 0 Å². The van der Waals surface area contributed by atoms with Crippen LogP contribution in [-0.4, -0.2) is 44.2 Å². The van der Waals surface area contributed by atoms with Crippen molar-refractivity contribution in [1.82, 2.24) is 15.0 Å². The number of hydrogen-bond acceptors (Lipinski definition) is 6. The zero-order chi connectivity index (χ0) is 18.7. The summed E-state index contributed by atoms with van der Waals surface area (Å²) in [6, 6.07) is 0.0834. The number of allylic oxidation sites excluding steroid dienone is 1. The molecule has 3 N–H and O–H groups in total. The lowest BCUT2D eigenvalue weighted by molar-refractivity contribution is -0.0361. The van der Waals surface area contributed by atoms with E-state index >= 15 is 0 Å². The standard InChI is InChI=1S/C18H27F2N5O/c1-11(2)21-16-23-15(12-4-3-5-14(26)10-12)24-17(25-16)22-13-6-8-18(19,20)9-7-13/h10-11,13-14,26H,3-9H2,1-2H3,(H2,21,22,23,24,25).